The number of morpholine rings is 1. The molecule has 0 amide bonds. The highest BCUT2D eigenvalue weighted by molar-refractivity contribution is 7.10. The fourth-order valence-electron chi connectivity index (χ4n) is 2.88. The van der Waals surface area contributed by atoms with Gasteiger partial charge in [-0.1, -0.05) is 6.07 Å². The predicted octanol–water partition coefficient (Wildman–Crippen LogP) is 2.51. The van der Waals surface area contributed by atoms with Crippen molar-refractivity contribution in [2.75, 3.05) is 26.3 Å². The zero-order valence-corrected chi connectivity index (χ0v) is 13.4. The van der Waals surface area contributed by atoms with E-state index in [1.807, 2.05) is 29.9 Å². The Morgan fingerprint density at radius 3 is 3.00 bits per heavy atom. The molecule has 22 heavy (non-hydrogen) atoms. The molecule has 0 spiro atoms. The van der Waals surface area contributed by atoms with E-state index in [-0.39, 0.29) is 6.04 Å². The zero-order chi connectivity index (χ0) is 15.2. The summed E-state index contributed by atoms with van der Waals surface area (Å²) >= 11 is 1.61. The van der Waals surface area contributed by atoms with Crippen LogP contribution in [0, 0.1) is 0 Å². The molecule has 1 aliphatic rings. The van der Waals surface area contributed by atoms with Crippen molar-refractivity contribution in [3.63, 3.8) is 0 Å². The first-order valence-corrected chi connectivity index (χ1v) is 8.63. The molecule has 0 radical (unpaired) electrons. The molecule has 0 saturated carbocycles. The number of nitrogens with zero attached hydrogens (tertiary/aromatic N) is 2. The van der Waals surface area contributed by atoms with Crippen molar-refractivity contribution in [1.82, 2.24) is 9.88 Å². The number of aliphatic hydroxyl groups excluding tert-OH is 1. The minimum Gasteiger partial charge on any atom is -0.388 e. The number of hydrogen-bond donors (Lipinski definition) is 1. The lowest BCUT2D eigenvalue weighted by molar-refractivity contribution is -0.0251. The summed E-state index contributed by atoms with van der Waals surface area (Å²) in [4.78, 5) is 7.54. The van der Waals surface area contributed by atoms with Crippen LogP contribution in [0.3, 0.4) is 0 Å². The molecule has 3 rings (SSSR count). The van der Waals surface area contributed by atoms with Crippen LogP contribution in [0.25, 0.3) is 0 Å². The third-order valence-electron chi connectivity index (χ3n) is 4.15. The quantitative estimate of drug-likeness (QED) is 0.889. The second-order valence-electron chi connectivity index (χ2n) is 5.64. The second kappa shape index (κ2) is 7.83. The fraction of sp³-hybridized carbons (Fsp3) is 0.471. The Hall–Kier alpha value is -1.27. The van der Waals surface area contributed by atoms with Crippen molar-refractivity contribution in [2.45, 2.75) is 25.0 Å². The molecule has 0 unspecified atom stereocenters. The summed E-state index contributed by atoms with van der Waals surface area (Å²) < 4.78 is 5.62. The lowest BCUT2D eigenvalue weighted by Crippen LogP contribution is -2.46. The summed E-state index contributed by atoms with van der Waals surface area (Å²) in [6.45, 7) is 3.42. The van der Waals surface area contributed by atoms with Gasteiger partial charge in [0.2, 0.25) is 0 Å². The number of pyridine rings is 1. The molecule has 5 heteroatoms. The molecule has 0 aliphatic carbocycles. The number of rotatable bonds is 6. The molecule has 118 valence electrons. The molecule has 0 bridgehead atoms. The largest absolute Gasteiger partial charge is 0.388 e. The van der Waals surface area contributed by atoms with Crippen molar-refractivity contribution >= 4 is 11.3 Å². The van der Waals surface area contributed by atoms with Gasteiger partial charge in [-0.3, -0.25) is 9.88 Å². The second-order valence-corrected chi connectivity index (χ2v) is 6.62. The first-order chi connectivity index (χ1) is 10.8. The normalized spacial score (nSPS) is 20.9. The van der Waals surface area contributed by atoms with Crippen LogP contribution in [0.5, 0.6) is 0 Å². The maximum Gasteiger partial charge on any atom is 0.0897 e. The Morgan fingerprint density at radius 2 is 2.23 bits per heavy atom. The summed E-state index contributed by atoms with van der Waals surface area (Å²) in [5.41, 5.74) is 1.30. The van der Waals surface area contributed by atoms with E-state index in [0.29, 0.717) is 6.61 Å². The maximum absolute atomic E-state index is 10.4. The van der Waals surface area contributed by atoms with Gasteiger partial charge in [0.1, 0.15) is 0 Å². The van der Waals surface area contributed by atoms with E-state index in [1.165, 1.54) is 5.56 Å². The Morgan fingerprint density at radius 1 is 1.36 bits per heavy atom. The van der Waals surface area contributed by atoms with E-state index in [2.05, 4.69) is 22.0 Å². The minimum absolute atomic E-state index is 0.285. The van der Waals surface area contributed by atoms with E-state index in [1.54, 1.807) is 11.3 Å². The van der Waals surface area contributed by atoms with Gasteiger partial charge in [-0.2, -0.15) is 0 Å². The summed E-state index contributed by atoms with van der Waals surface area (Å²) in [7, 11) is 0. The van der Waals surface area contributed by atoms with Crippen molar-refractivity contribution < 1.29 is 9.84 Å². The minimum atomic E-state index is -0.393. The molecular formula is C17H22N2O2S. The Balaban J connectivity index is 1.56. The number of thiophene rings is 1. The van der Waals surface area contributed by atoms with Gasteiger partial charge in [0.15, 0.2) is 0 Å². The van der Waals surface area contributed by atoms with Crippen LogP contribution < -0.4 is 0 Å². The van der Waals surface area contributed by atoms with Crippen molar-refractivity contribution in [1.29, 1.82) is 0 Å². The van der Waals surface area contributed by atoms with Gasteiger partial charge in [0.05, 0.1) is 19.3 Å². The predicted molar refractivity (Wildman–Crippen MR) is 88.0 cm³/mol. The molecule has 2 aromatic heterocycles. The molecule has 3 heterocycles. The van der Waals surface area contributed by atoms with E-state index in [9.17, 15) is 5.11 Å². The monoisotopic (exact) mass is 318 g/mol. The van der Waals surface area contributed by atoms with E-state index in [4.69, 9.17) is 4.74 Å². The smallest absolute Gasteiger partial charge is 0.0897 e. The summed E-state index contributed by atoms with van der Waals surface area (Å²) in [5.74, 6) is 0. The lowest BCUT2D eigenvalue weighted by atomic mass is 10.0. The van der Waals surface area contributed by atoms with Crippen LogP contribution in [0.1, 0.15) is 23.0 Å². The molecule has 1 aliphatic heterocycles. The number of ether oxygens (including phenoxy) is 1. The molecule has 1 saturated heterocycles. The SMILES string of the molecule is O[C@H](C[C@@H]1COCCN1CCc1ccncc1)c1cccs1. The van der Waals surface area contributed by atoms with Gasteiger partial charge in [-0.15, -0.1) is 11.3 Å². The highest BCUT2D eigenvalue weighted by Crippen LogP contribution is 2.26. The Bertz CT molecular complexity index is 547. The lowest BCUT2D eigenvalue weighted by Gasteiger charge is -2.36. The van der Waals surface area contributed by atoms with Crippen molar-refractivity contribution in [2.24, 2.45) is 0 Å². The third-order valence-corrected chi connectivity index (χ3v) is 5.13. The van der Waals surface area contributed by atoms with Crippen LogP contribution in [0.4, 0.5) is 0 Å². The van der Waals surface area contributed by atoms with Crippen molar-refractivity contribution in [3.8, 4) is 0 Å². The first-order valence-electron chi connectivity index (χ1n) is 7.75. The average molecular weight is 318 g/mol. The highest BCUT2D eigenvalue weighted by Gasteiger charge is 2.26. The fourth-order valence-corrected chi connectivity index (χ4v) is 3.60. The topological polar surface area (TPSA) is 45.6 Å². The summed E-state index contributed by atoms with van der Waals surface area (Å²) in [6, 6.07) is 8.40. The van der Waals surface area contributed by atoms with Gasteiger partial charge >= 0.3 is 0 Å². The standard InChI is InChI=1S/C17H22N2O2S/c20-16(17-2-1-11-22-17)12-15-13-21-10-9-19(15)8-5-14-3-6-18-7-4-14/h1-4,6-7,11,15-16,20H,5,8-10,12-13H2/t15-,16-/m1/s1. The first kappa shape index (κ1) is 15.6. The van der Waals surface area contributed by atoms with E-state index < -0.39 is 6.10 Å². The molecular weight excluding hydrogens is 296 g/mol. The number of hydrogen-bond acceptors (Lipinski definition) is 5. The maximum atomic E-state index is 10.4. The Kier molecular flexibility index (Phi) is 5.56. The van der Waals surface area contributed by atoms with Crippen LogP contribution in [-0.4, -0.2) is 47.3 Å². The molecule has 4 nitrogen and oxygen atoms in total. The molecule has 0 aromatic carbocycles. The Labute approximate surface area is 135 Å². The van der Waals surface area contributed by atoms with E-state index >= 15 is 0 Å². The number of aromatic nitrogens is 1. The van der Waals surface area contributed by atoms with Gasteiger partial charge in [0.25, 0.3) is 0 Å². The summed E-state index contributed by atoms with van der Waals surface area (Å²) in [6.07, 6.45) is 5.03. The van der Waals surface area contributed by atoms with Gasteiger partial charge in [-0.05, 0) is 42.0 Å². The molecule has 2 aromatic rings. The van der Waals surface area contributed by atoms with Crippen LogP contribution in [-0.2, 0) is 11.2 Å². The van der Waals surface area contributed by atoms with Crippen molar-refractivity contribution in [3.05, 3.63) is 52.5 Å². The van der Waals surface area contributed by atoms with Gasteiger partial charge in [0, 0.05) is 36.4 Å². The third kappa shape index (κ3) is 4.14. The van der Waals surface area contributed by atoms with Crippen LogP contribution in [0.15, 0.2) is 42.0 Å². The van der Waals surface area contributed by atoms with Gasteiger partial charge < -0.3 is 9.84 Å². The average Bonchev–Trinajstić information content (AvgIpc) is 3.10. The van der Waals surface area contributed by atoms with Crippen LogP contribution in [0.2, 0.25) is 0 Å². The van der Waals surface area contributed by atoms with Gasteiger partial charge in [-0.25, -0.2) is 0 Å². The van der Waals surface area contributed by atoms with Crippen LogP contribution >= 0.6 is 11.3 Å². The summed E-state index contributed by atoms with van der Waals surface area (Å²) in [5, 5.41) is 12.4. The zero-order valence-electron chi connectivity index (χ0n) is 12.6. The molecule has 1 N–H and O–H groups in total. The number of aliphatic hydroxyl groups is 1. The molecule has 2 atom stereocenters. The highest BCUT2D eigenvalue weighted by atomic mass is 32.1. The van der Waals surface area contributed by atoms with E-state index in [0.717, 1.165) is 37.4 Å². The molecule has 1 fully saturated rings.